The molecule has 144 valence electrons. The van der Waals surface area contributed by atoms with E-state index in [1.807, 2.05) is 36.2 Å². The van der Waals surface area contributed by atoms with Crippen LogP contribution in [-0.2, 0) is 0 Å². The van der Waals surface area contributed by atoms with Crippen molar-refractivity contribution in [3.05, 3.63) is 42.6 Å². The maximum Gasteiger partial charge on any atom is 0.151 e. The van der Waals surface area contributed by atoms with Crippen molar-refractivity contribution < 1.29 is 9.50 Å². The first-order valence-corrected chi connectivity index (χ1v) is 9.65. The van der Waals surface area contributed by atoms with E-state index < -0.39 is 6.17 Å². The number of nitrogens with zero attached hydrogens (tertiary/aromatic N) is 4. The quantitative estimate of drug-likeness (QED) is 0.729. The Morgan fingerprint density at radius 3 is 2.89 bits per heavy atom. The molecule has 0 radical (unpaired) electrons. The van der Waals surface area contributed by atoms with Crippen LogP contribution in [0.2, 0.25) is 0 Å². The van der Waals surface area contributed by atoms with Crippen LogP contribution in [-0.4, -0.2) is 51.6 Å². The van der Waals surface area contributed by atoms with Gasteiger partial charge in [-0.05, 0) is 49.6 Å². The number of rotatable bonds is 3. The predicted octanol–water partition coefficient (Wildman–Crippen LogP) is 3.06. The number of benzene rings is 1. The highest BCUT2D eigenvalue weighted by atomic mass is 19.1. The molecule has 2 fully saturated rings. The van der Waals surface area contributed by atoms with E-state index in [1.54, 1.807) is 18.3 Å². The molecule has 4 atom stereocenters. The second-order valence-corrected chi connectivity index (χ2v) is 7.75. The Labute approximate surface area is 162 Å². The van der Waals surface area contributed by atoms with Gasteiger partial charge in [-0.2, -0.15) is 0 Å². The van der Waals surface area contributed by atoms with Crippen molar-refractivity contribution in [2.45, 2.75) is 43.6 Å². The summed E-state index contributed by atoms with van der Waals surface area (Å²) >= 11 is 0. The van der Waals surface area contributed by atoms with Gasteiger partial charge in [-0.15, -0.1) is 10.2 Å². The third-order valence-corrected chi connectivity index (χ3v) is 6.06. The fraction of sp³-hybridized carbons (Fsp3) is 0.381. The third kappa shape index (κ3) is 2.86. The zero-order valence-corrected chi connectivity index (χ0v) is 15.6. The monoisotopic (exact) mass is 379 g/mol. The van der Waals surface area contributed by atoms with Gasteiger partial charge in [-0.25, -0.2) is 4.39 Å². The van der Waals surface area contributed by atoms with Crippen molar-refractivity contribution in [3.63, 3.8) is 0 Å². The minimum atomic E-state index is -0.916. The smallest absolute Gasteiger partial charge is 0.151 e. The molecule has 2 saturated heterocycles. The van der Waals surface area contributed by atoms with Gasteiger partial charge in [0.1, 0.15) is 11.9 Å². The average Bonchev–Trinajstić information content (AvgIpc) is 3.13. The zero-order chi connectivity index (χ0) is 19.3. The van der Waals surface area contributed by atoms with Gasteiger partial charge < -0.3 is 15.3 Å². The van der Waals surface area contributed by atoms with Crippen LogP contribution < -0.4 is 10.2 Å². The minimum Gasteiger partial charge on any atom is -0.507 e. The predicted molar refractivity (Wildman–Crippen MR) is 106 cm³/mol. The van der Waals surface area contributed by atoms with E-state index in [-0.39, 0.29) is 17.8 Å². The first-order chi connectivity index (χ1) is 13.6. The molecule has 3 aromatic rings. The summed E-state index contributed by atoms with van der Waals surface area (Å²) in [6, 6.07) is 11.0. The van der Waals surface area contributed by atoms with Crippen molar-refractivity contribution >= 4 is 16.7 Å². The summed E-state index contributed by atoms with van der Waals surface area (Å²) in [5.41, 5.74) is 1.92. The van der Waals surface area contributed by atoms with Crippen molar-refractivity contribution in [2.24, 2.45) is 0 Å². The zero-order valence-electron chi connectivity index (χ0n) is 15.6. The van der Waals surface area contributed by atoms with E-state index in [1.165, 1.54) is 0 Å². The highest BCUT2D eigenvalue weighted by molar-refractivity contribution is 5.87. The Bertz CT molecular complexity index is 1010. The third-order valence-electron chi connectivity index (χ3n) is 6.06. The number of alkyl halides is 1. The van der Waals surface area contributed by atoms with Gasteiger partial charge in [0.05, 0.1) is 17.3 Å². The number of nitrogens with one attached hydrogen (secondary N) is 1. The standard InChI is InChI=1S/C21H22FN5O/c1-27(18-10-13-4-5-16(24-13)21(18)22)20-7-6-15(25-26-20)14-11-17-12(9-19(14)28)3-2-8-23-17/h2-3,6-9,11,13,16,18,21,24,28H,4-5,10H2,1H3/t13?,16?,18-,21+/m1/s1. The van der Waals surface area contributed by atoms with Crippen molar-refractivity contribution in [1.82, 2.24) is 20.5 Å². The van der Waals surface area contributed by atoms with Crippen LogP contribution in [0.25, 0.3) is 22.2 Å². The van der Waals surface area contributed by atoms with Crippen LogP contribution in [0, 0.1) is 0 Å². The number of anilines is 1. The molecule has 7 heteroatoms. The molecule has 2 N–H and O–H groups in total. The summed E-state index contributed by atoms with van der Waals surface area (Å²) in [5.74, 6) is 0.769. The molecule has 2 aliphatic rings. The molecule has 0 aliphatic carbocycles. The average molecular weight is 379 g/mol. The fourth-order valence-electron chi connectivity index (χ4n) is 4.49. The first kappa shape index (κ1) is 17.3. The minimum absolute atomic E-state index is 0.0551. The van der Waals surface area contributed by atoms with Gasteiger partial charge in [0.2, 0.25) is 0 Å². The number of hydrogen-bond acceptors (Lipinski definition) is 6. The molecule has 2 unspecified atom stereocenters. The molecule has 2 aromatic heterocycles. The number of aromatic nitrogens is 3. The van der Waals surface area contributed by atoms with Gasteiger partial charge in [-0.1, -0.05) is 6.07 Å². The lowest BCUT2D eigenvalue weighted by atomic mass is 9.96. The lowest BCUT2D eigenvalue weighted by Gasteiger charge is -2.38. The molecule has 5 rings (SSSR count). The summed E-state index contributed by atoms with van der Waals surface area (Å²) in [5, 5.41) is 23.2. The van der Waals surface area contributed by atoms with E-state index in [9.17, 15) is 9.50 Å². The largest absolute Gasteiger partial charge is 0.507 e. The van der Waals surface area contributed by atoms with Crippen LogP contribution in [0.3, 0.4) is 0 Å². The van der Waals surface area contributed by atoms with Crippen molar-refractivity contribution in [2.75, 3.05) is 11.9 Å². The lowest BCUT2D eigenvalue weighted by Crippen LogP contribution is -2.55. The molecule has 4 heterocycles. The van der Waals surface area contributed by atoms with E-state index in [0.717, 1.165) is 30.2 Å². The van der Waals surface area contributed by atoms with Crippen LogP contribution in [0.4, 0.5) is 10.2 Å². The summed E-state index contributed by atoms with van der Waals surface area (Å²) in [6.45, 7) is 0. The fourth-order valence-corrected chi connectivity index (χ4v) is 4.49. The topological polar surface area (TPSA) is 74.2 Å². The number of hydrogen-bond donors (Lipinski definition) is 2. The van der Waals surface area contributed by atoms with E-state index in [2.05, 4.69) is 20.5 Å². The molecule has 28 heavy (non-hydrogen) atoms. The molecule has 0 amide bonds. The van der Waals surface area contributed by atoms with Crippen LogP contribution in [0.1, 0.15) is 19.3 Å². The number of piperidine rings is 1. The van der Waals surface area contributed by atoms with Crippen molar-refractivity contribution in [3.8, 4) is 17.0 Å². The van der Waals surface area contributed by atoms with Crippen LogP contribution in [0.15, 0.2) is 42.6 Å². The van der Waals surface area contributed by atoms with Gasteiger partial charge in [-0.3, -0.25) is 4.98 Å². The lowest BCUT2D eigenvalue weighted by molar-refractivity contribution is 0.176. The number of aromatic hydroxyl groups is 1. The summed E-state index contributed by atoms with van der Waals surface area (Å²) in [4.78, 5) is 6.23. The number of phenolic OH excluding ortho intramolecular Hbond substituents is 1. The molecule has 0 spiro atoms. The molecule has 6 nitrogen and oxygen atoms in total. The molecular formula is C21H22FN5O. The Hall–Kier alpha value is -2.80. The molecule has 1 aromatic carbocycles. The Kier molecular flexibility index (Phi) is 4.12. The molecular weight excluding hydrogens is 357 g/mol. The second-order valence-electron chi connectivity index (χ2n) is 7.75. The highest BCUT2D eigenvalue weighted by Gasteiger charge is 2.43. The molecule has 2 aliphatic heterocycles. The summed E-state index contributed by atoms with van der Waals surface area (Å²) < 4.78 is 14.8. The number of pyridine rings is 1. The van der Waals surface area contributed by atoms with Crippen molar-refractivity contribution in [1.29, 1.82) is 0 Å². The second kappa shape index (κ2) is 6.67. The normalized spacial score (nSPS) is 26.5. The van der Waals surface area contributed by atoms with E-state index >= 15 is 0 Å². The Balaban J connectivity index is 1.42. The Morgan fingerprint density at radius 2 is 2.07 bits per heavy atom. The first-order valence-electron chi connectivity index (χ1n) is 9.65. The molecule has 0 saturated carbocycles. The Morgan fingerprint density at radius 1 is 1.18 bits per heavy atom. The van der Waals surface area contributed by atoms with Crippen LogP contribution in [0.5, 0.6) is 5.75 Å². The van der Waals surface area contributed by atoms with E-state index in [4.69, 9.17) is 0 Å². The van der Waals surface area contributed by atoms with E-state index in [0.29, 0.717) is 23.1 Å². The number of halogens is 1. The SMILES string of the molecule is CN(c1ccc(-c2cc3ncccc3cc2O)nn1)[C@@H]1CC2CCC(N2)[C@@H]1F. The van der Waals surface area contributed by atoms with Gasteiger partial charge in [0, 0.05) is 36.3 Å². The van der Waals surface area contributed by atoms with Gasteiger partial charge >= 0.3 is 0 Å². The maximum absolute atomic E-state index is 14.8. The summed E-state index contributed by atoms with van der Waals surface area (Å²) in [6.07, 6.45) is 3.51. The number of fused-ring (bicyclic) bond motifs is 3. The van der Waals surface area contributed by atoms with Crippen LogP contribution >= 0.6 is 0 Å². The molecule has 2 bridgehead atoms. The summed E-state index contributed by atoms with van der Waals surface area (Å²) in [7, 11) is 1.88. The maximum atomic E-state index is 14.8. The number of phenols is 1. The van der Waals surface area contributed by atoms with Gasteiger partial charge in [0.25, 0.3) is 0 Å². The van der Waals surface area contributed by atoms with Gasteiger partial charge in [0.15, 0.2) is 5.82 Å². The highest BCUT2D eigenvalue weighted by Crippen LogP contribution is 2.34.